The monoisotopic (exact) mass is 238 g/mol. The van der Waals surface area contributed by atoms with E-state index in [0.717, 1.165) is 11.3 Å². The molecule has 0 bridgehead atoms. The van der Waals surface area contributed by atoms with E-state index in [-0.39, 0.29) is 0 Å². The average Bonchev–Trinajstić information content (AvgIpc) is 3.09. The maximum atomic E-state index is 4.13. The van der Waals surface area contributed by atoms with Crippen molar-refractivity contribution in [3.05, 3.63) is 48.9 Å². The predicted molar refractivity (Wildman–Crippen MR) is 66.8 cm³/mol. The SMILES string of the molecule is c1ccc(-c2cnc(N=Nc3ncc[nH]3)[nH]2)cc1. The highest BCUT2D eigenvalue weighted by Gasteiger charge is 2.01. The summed E-state index contributed by atoms with van der Waals surface area (Å²) < 4.78 is 0. The molecule has 3 rings (SSSR count). The summed E-state index contributed by atoms with van der Waals surface area (Å²) in [5, 5.41) is 7.87. The molecule has 0 saturated heterocycles. The van der Waals surface area contributed by atoms with E-state index in [0.29, 0.717) is 11.9 Å². The van der Waals surface area contributed by atoms with Crippen LogP contribution in [0.5, 0.6) is 0 Å². The number of aromatic nitrogens is 4. The van der Waals surface area contributed by atoms with Gasteiger partial charge in [-0.05, 0) is 5.56 Å². The van der Waals surface area contributed by atoms with Crippen molar-refractivity contribution in [2.75, 3.05) is 0 Å². The fourth-order valence-electron chi connectivity index (χ4n) is 1.53. The van der Waals surface area contributed by atoms with Gasteiger partial charge >= 0.3 is 0 Å². The Morgan fingerprint density at radius 3 is 2.56 bits per heavy atom. The number of aromatic amines is 2. The van der Waals surface area contributed by atoms with Crippen LogP contribution in [0.1, 0.15) is 0 Å². The first-order chi connectivity index (χ1) is 8.92. The Morgan fingerprint density at radius 2 is 1.78 bits per heavy atom. The molecule has 88 valence electrons. The lowest BCUT2D eigenvalue weighted by molar-refractivity contribution is 1.07. The van der Waals surface area contributed by atoms with Gasteiger partial charge in [-0.1, -0.05) is 30.3 Å². The highest BCUT2D eigenvalue weighted by Crippen LogP contribution is 2.19. The molecule has 6 nitrogen and oxygen atoms in total. The molecular formula is C12H10N6. The number of hydrogen-bond acceptors (Lipinski definition) is 4. The summed E-state index contributed by atoms with van der Waals surface area (Å²) in [4.78, 5) is 14.0. The smallest absolute Gasteiger partial charge is 0.247 e. The Labute approximate surface area is 103 Å². The third-order valence-electron chi connectivity index (χ3n) is 2.37. The lowest BCUT2D eigenvalue weighted by Gasteiger charge is -1.93. The maximum Gasteiger partial charge on any atom is 0.247 e. The van der Waals surface area contributed by atoms with E-state index in [4.69, 9.17) is 0 Å². The van der Waals surface area contributed by atoms with Crippen molar-refractivity contribution in [3.63, 3.8) is 0 Å². The van der Waals surface area contributed by atoms with Crippen LogP contribution in [-0.2, 0) is 0 Å². The molecule has 0 aliphatic heterocycles. The third-order valence-corrected chi connectivity index (χ3v) is 2.37. The number of nitrogens with zero attached hydrogens (tertiary/aromatic N) is 4. The Morgan fingerprint density at radius 1 is 0.944 bits per heavy atom. The lowest BCUT2D eigenvalue weighted by Crippen LogP contribution is -1.74. The fourth-order valence-corrected chi connectivity index (χ4v) is 1.53. The van der Waals surface area contributed by atoms with Gasteiger partial charge in [0.2, 0.25) is 11.9 Å². The summed E-state index contributed by atoms with van der Waals surface area (Å²) in [6.45, 7) is 0. The Kier molecular flexibility index (Phi) is 2.67. The molecule has 0 saturated carbocycles. The van der Waals surface area contributed by atoms with Gasteiger partial charge in [0, 0.05) is 12.4 Å². The molecule has 0 radical (unpaired) electrons. The normalized spacial score (nSPS) is 11.1. The second-order valence-corrected chi connectivity index (χ2v) is 3.60. The molecule has 6 heteroatoms. The Bertz CT molecular complexity index is 638. The van der Waals surface area contributed by atoms with Crippen molar-refractivity contribution in [2.24, 2.45) is 10.2 Å². The molecule has 0 fully saturated rings. The first-order valence-electron chi connectivity index (χ1n) is 5.43. The van der Waals surface area contributed by atoms with Gasteiger partial charge < -0.3 is 9.97 Å². The van der Waals surface area contributed by atoms with E-state index in [1.165, 1.54) is 0 Å². The maximum absolute atomic E-state index is 4.13. The number of benzene rings is 1. The quantitative estimate of drug-likeness (QED) is 0.687. The van der Waals surface area contributed by atoms with Crippen LogP contribution < -0.4 is 0 Å². The molecule has 0 aliphatic rings. The molecule has 0 spiro atoms. The van der Waals surface area contributed by atoms with Crippen molar-refractivity contribution in [2.45, 2.75) is 0 Å². The summed E-state index contributed by atoms with van der Waals surface area (Å²) in [5.41, 5.74) is 1.97. The second kappa shape index (κ2) is 4.62. The number of imidazole rings is 2. The average molecular weight is 238 g/mol. The minimum absolute atomic E-state index is 0.449. The molecule has 3 aromatic rings. The third kappa shape index (κ3) is 2.17. The van der Waals surface area contributed by atoms with E-state index >= 15 is 0 Å². The van der Waals surface area contributed by atoms with Crippen LogP contribution in [0.4, 0.5) is 11.9 Å². The summed E-state index contributed by atoms with van der Waals surface area (Å²) in [7, 11) is 0. The largest absolute Gasteiger partial charge is 0.328 e. The van der Waals surface area contributed by atoms with Crippen LogP contribution in [-0.4, -0.2) is 19.9 Å². The zero-order valence-electron chi connectivity index (χ0n) is 9.41. The molecule has 0 amide bonds. The van der Waals surface area contributed by atoms with Crippen molar-refractivity contribution in [1.82, 2.24) is 19.9 Å². The zero-order chi connectivity index (χ0) is 12.2. The van der Waals surface area contributed by atoms with Gasteiger partial charge in [-0.25, -0.2) is 9.97 Å². The highest BCUT2D eigenvalue weighted by atomic mass is 15.3. The predicted octanol–water partition coefficient (Wildman–Crippen LogP) is 3.22. The van der Waals surface area contributed by atoms with Gasteiger partial charge in [0.25, 0.3) is 0 Å². The summed E-state index contributed by atoms with van der Waals surface area (Å²) in [6.07, 6.45) is 5.03. The molecule has 18 heavy (non-hydrogen) atoms. The highest BCUT2D eigenvalue weighted by molar-refractivity contribution is 5.59. The van der Waals surface area contributed by atoms with Crippen LogP contribution in [0, 0.1) is 0 Å². The molecule has 0 unspecified atom stereocenters. The van der Waals surface area contributed by atoms with E-state index in [9.17, 15) is 0 Å². The molecule has 2 aromatic heterocycles. The molecule has 0 aliphatic carbocycles. The zero-order valence-corrected chi connectivity index (χ0v) is 9.41. The number of H-pyrrole nitrogens is 2. The minimum atomic E-state index is 0.449. The number of hydrogen-bond donors (Lipinski definition) is 2. The van der Waals surface area contributed by atoms with E-state index in [2.05, 4.69) is 30.2 Å². The van der Waals surface area contributed by atoms with Gasteiger partial charge in [0.05, 0.1) is 11.9 Å². The molecular weight excluding hydrogens is 228 g/mol. The van der Waals surface area contributed by atoms with Crippen molar-refractivity contribution < 1.29 is 0 Å². The first-order valence-corrected chi connectivity index (χ1v) is 5.43. The summed E-state index contributed by atoms with van der Waals surface area (Å²) in [6, 6.07) is 9.92. The van der Waals surface area contributed by atoms with E-state index in [1.807, 2.05) is 30.3 Å². The van der Waals surface area contributed by atoms with Crippen LogP contribution >= 0.6 is 0 Å². The van der Waals surface area contributed by atoms with Gasteiger partial charge in [-0.3, -0.25) is 0 Å². The van der Waals surface area contributed by atoms with E-state index in [1.54, 1.807) is 18.6 Å². The first kappa shape index (κ1) is 10.4. The second-order valence-electron chi connectivity index (χ2n) is 3.60. The number of azo groups is 1. The van der Waals surface area contributed by atoms with Gasteiger partial charge in [-0.2, -0.15) is 0 Å². The van der Waals surface area contributed by atoms with E-state index < -0.39 is 0 Å². The summed E-state index contributed by atoms with van der Waals surface area (Å²) >= 11 is 0. The van der Waals surface area contributed by atoms with Crippen molar-refractivity contribution in [3.8, 4) is 11.3 Å². The number of nitrogens with one attached hydrogen (secondary N) is 2. The Hall–Kier alpha value is -2.76. The van der Waals surface area contributed by atoms with Crippen LogP contribution in [0.3, 0.4) is 0 Å². The van der Waals surface area contributed by atoms with Crippen molar-refractivity contribution >= 4 is 11.9 Å². The van der Waals surface area contributed by atoms with Gasteiger partial charge in [0.15, 0.2) is 0 Å². The molecule has 0 atom stereocenters. The van der Waals surface area contributed by atoms with Gasteiger partial charge in [0.1, 0.15) is 0 Å². The Balaban J connectivity index is 1.82. The topological polar surface area (TPSA) is 82.1 Å². The standard InChI is InChI=1S/C12H10N6/c1-2-4-9(5-3-1)10-8-15-12(16-10)18-17-11-13-6-7-14-11/h1-8H,(H,13,14)(H,15,16). The molecule has 2 N–H and O–H groups in total. The molecule has 1 aromatic carbocycles. The minimum Gasteiger partial charge on any atom is -0.328 e. The van der Waals surface area contributed by atoms with Crippen molar-refractivity contribution in [1.29, 1.82) is 0 Å². The summed E-state index contributed by atoms with van der Waals surface area (Å²) in [5.74, 6) is 0.901. The van der Waals surface area contributed by atoms with Gasteiger partial charge in [-0.15, -0.1) is 10.2 Å². The fraction of sp³-hybridized carbons (Fsp3) is 0. The lowest BCUT2D eigenvalue weighted by atomic mass is 10.2. The molecule has 2 heterocycles. The van der Waals surface area contributed by atoms with Crippen LogP contribution in [0.15, 0.2) is 59.2 Å². The van der Waals surface area contributed by atoms with Crippen LogP contribution in [0.25, 0.3) is 11.3 Å². The van der Waals surface area contributed by atoms with Crippen LogP contribution in [0.2, 0.25) is 0 Å². The number of rotatable bonds is 3.